The molecule has 3 saturated heterocycles. The van der Waals surface area contributed by atoms with Crippen molar-refractivity contribution < 1.29 is 18.9 Å². The molecule has 0 radical (unpaired) electrons. The molecule has 4 fully saturated rings. The molecule has 1 saturated carbocycles. The van der Waals surface area contributed by atoms with Crippen LogP contribution < -0.4 is 0 Å². The Labute approximate surface area is 112 Å². The number of methoxy groups -OCH3 is 1. The van der Waals surface area contributed by atoms with Crippen LogP contribution in [-0.2, 0) is 18.9 Å². The SMILES string of the molecule is CO[C@@H]1[C@H]2OC3(CCCCC3)O[C@H]2O[C@@H]1C1CS1. The van der Waals surface area contributed by atoms with Crippen LogP contribution in [0.25, 0.3) is 0 Å². The summed E-state index contributed by atoms with van der Waals surface area (Å²) in [5.74, 6) is 0.807. The van der Waals surface area contributed by atoms with Gasteiger partial charge in [-0.15, -0.1) is 0 Å². The summed E-state index contributed by atoms with van der Waals surface area (Å²) in [7, 11) is 1.76. The lowest BCUT2D eigenvalue weighted by Crippen LogP contribution is -2.41. The summed E-state index contributed by atoms with van der Waals surface area (Å²) in [6, 6.07) is 0. The van der Waals surface area contributed by atoms with Crippen LogP contribution in [0.3, 0.4) is 0 Å². The fraction of sp³-hybridized carbons (Fsp3) is 1.00. The molecular formula is C13H20O4S. The van der Waals surface area contributed by atoms with Gasteiger partial charge in [-0.05, 0) is 12.8 Å². The van der Waals surface area contributed by atoms with E-state index in [1.807, 2.05) is 11.8 Å². The molecule has 5 heteroatoms. The van der Waals surface area contributed by atoms with Crippen LogP contribution in [0, 0.1) is 0 Å². The van der Waals surface area contributed by atoms with Gasteiger partial charge in [0.25, 0.3) is 0 Å². The van der Waals surface area contributed by atoms with Gasteiger partial charge < -0.3 is 18.9 Å². The molecule has 18 heavy (non-hydrogen) atoms. The third-order valence-corrected chi connectivity index (χ3v) is 5.49. The van der Waals surface area contributed by atoms with E-state index < -0.39 is 0 Å². The minimum atomic E-state index is -0.369. The zero-order valence-electron chi connectivity index (χ0n) is 10.7. The van der Waals surface area contributed by atoms with Gasteiger partial charge in [0.05, 0.1) is 0 Å². The number of rotatable bonds is 2. The lowest BCUT2D eigenvalue weighted by Gasteiger charge is -2.33. The largest absolute Gasteiger partial charge is 0.376 e. The molecule has 0 aromatic rings. The molecule has 0 amide bonds. The fourth-order valence-electron chi connectivity index (χ4n) is 3.50. The summed E-state index contributed by atoms with van der Waals surface area (Å²) >= 11 is 1.93. The topological polar surface area (TPSA) is 36.9 Å². The van der Waals surface area contributed by atoms with Crippen LogP contribution in [-0.4, -0.2) is 48.5 Å². The predicted molar refractivity (Wildman–Crippen MR) is 67.5 cm³/mol. The molecule has 4 nitrogen and oxygen atoms in total. The number of thioether (sulfide) groups is 1. The molecule has 3 aliphatic heterocycles. The molecule has 0 aromatic carbocycles. The molecule has 1 spiro atoms. The molecule has 0 N–H and O–H groups in total. The maximum absolute atomic E-state index is 6.24. The Morgan fingerprint density at radius 3 is 2.56 bits per heavy atom. The van der Waals surface area contributed by atoms with Crippen LogP contribution in [0.5, 0.6) is 0 Å². The van der Waals surface area contributed by atoms with Gasteiger partial charge >= 0.3 is 0 Å². The second-order valence-electron chi connectivity index (χ2n) is 5.71. The Hall–Kier alpha value is 0.190. The third-order valence-electron chi connectivity index (χ3n) is 4.50. The molecule has 0 aromatic heterocycles. The average molecular weight is 272 g/mol. The van der Waals surface area contributed by atoms with Crippen molar-refractivity contribution >= 4 is 11.8 Å². The molecule has 5 atom stereocenters. The fourth-order valence-corrected chi connectivity index (χ4v) is 4.20. The Bertz CT molecular complexity index is 327. The van der Waals surface area contributed by atoms with Crippen molar-refractivity contribution in [2.24, 2.45) is 0 Å². The normalized spacial score (nSPS) is 49.5. The Kier molecular flexibility index (Phi) is 2.89. The van der Waals surface area contributed by atoms with Crippen molar-refractivity contribution in [2.75, 3.05) is 12.9 Å². The van der Waals surface area contributed by atoms with E-state index in [1.54, 1.807) is 7.11 Å². The van der Waals surface area contributed by atoms with Crippen LogP contribution in [0.4, 0.5) is 0 Å². The van der Waals surface area contributed by atoms with E-state index >= 15 is 0 Å². The van der Waals surface area contributed by atoms with E-state index in [-0.39, 0.29) is 30.4 Å². The molecule has 102 valence electrons. The summed E-state index contributed by atoms with van der Waals surface area (Å²) < 4.78 is 24.0. The smallest absolute Gasteiger partial charge is 0.190 e. The number of hydrogen-bond donors (Lipinski definition) is 0. The van der Waals surface area contributed by atoms with E-state index in [0.29, 0.717) is 5.25 Å². The Balaban J connectivity index is 1.50. The monoisotopic (exact) mass is 272 g/mol. The summed E-state index contributed by atoms with van der Waals surface area (Å²) in [5, 5.41) is 0.579. The maximum Gasteiger partial charge on any atom is 0.190 e. The van der Waals surface area contributed by atoms with Gasteiger partial charge in [0.1, 0.15) is 18.3 Å². The zero-order chi connectivity index (χ0) is 12.2. The van der Waals surface area contributed by atoms with E-state index in [2.05, 4.69) is 0 Å². The molecular weight excluding hydrogens is 252 g/mol. The van der Waals surface area contributed by atoms with Crippen molar-refractivity contribution in [3.05, 3.63) is 0 Å². The highest BCUT2D eigenvalue weighted by Crippen LogP contribution is 2.49. The van der Waals surface area contributed by atoms with Crippen LogP contribution >= 0.6 is 11.8 Å². The van der Waals surface area contributed by atoms with Gasteiger partial charge in [-0.1, -0.05) is 6.42 Å². The first-order chi connectivity index (χ1) is 8.81. The molecule has 4 aliphatic rings. The van der Waals surface area contributed by atoms with Crippen LogP contribution in [0.2, 0.25) is 0 Å². The van der Waals surface area contributed by atoms with E-state index in [0.717, 1.165) is 12.8 Å². The summed E-state index contributed by atoms with van der Waals surface area (Å²) in [6.07, 6.45) is 5.63. The van der Waals surface area contributed by atoms with Crippen molar-refractivity contribution in [1.29, 1.82) is 0 Å². The molecule has 1 aliphatic carbocycles. The van der Waals surface area contributed by atoms with E-state index in [4.69, 9.17) is 18.9 Å². The third kappa shape index (κ3) is 1.83. The van der Waals surface area contributed by atoms with Gasteiger partial charge in [0.2, 0.25) is 0 Å². The molecule has 1 unspecified atom stereocenters. The lowest BCUT2D eigenvalue weighted by atomic mass is 9.94. The number of ether oxygens (including phenoxy) is 4. The van der Waals surface area contributed by atoms with Gasteiger partial charge in [-0.2, -0.15) is 11.8 Å². The zero-order valence-corrected chi connectivity index (χ0v) is 11.5. The second-order valence-corrected chi connectivity index (χ2v) is 6.99. The quantitative estimate of drug-likeness (QED) is 0.718. The van der Waals surface area contributed by atoms with Crippen molar-refractivity contribution in [3.63, 3.8) is 0 Å². The maximum atomic E-state index is 6.24. The first kappa shape index (κ1) is 12.0. The number of fused-ring (bicyclic) bond motifs is 1. The highest BCUT2D eigenvalue weighted by Gasteiger charge is 2.60. The van der Waals surface area contributed by atoms with Crippen LogP contribution in [0.1, 0.15) is 32.1 Å². The molecule has 4 rings (SSSR count). The number of hydrogen-bond acceptors (Lipinski definition) is 5. The van der Waals surface area contributed by atoms with Crippen molar-refractivity contribution in [2.45, 2.75) is 67.7 Å². The van der Waals surface area contributed by atoms with Gasteiger partial charge in [-0.25, -0.2) is 0 Å². The Morgan fingerprint density at radius 2 is 1.89 bits per heavy atom. The van der Waals surface area contributed by atoms with Gasteiger partial charge in [0, 0.05) is 31.0 Å². The average Bonchev–Trinajstić information content (AvgIpc) is 3.10. The lowest BCUT2D eigenvalue weighted by molar-refractivity contribution is -0.246. The molecule has 0 bridgehead atoms. The predicted octanol–water partition coefficient (Wildman–Crippen LogP) is 1.92. The van der Waals surface area contributed by atoms with Crippen molar-refractivity contribution in [3.8, 4) is 0 Å². The summed E-state index contributed by atoms with van der Waals surface area (Å²) in [5.41, 5.74) is 0. The standard InChI is InChI=1S/C13H20O4S/c1-14-10-9(8-7-18-8)15-12-11(10)16-13(17-12)5-3-2-4-6-13/h8-12H,2-7H2,1H3/t8?,9-,10+,11-,12-/m1/s1. The second kappa shape index (κ2) is 4.35. The summed E-state index contributed by atoms with van der Waals surface area (Å²) in [4.78, 5) is 0. The van der Waals surface area contributed by atoms with E-state index in [9.17, 15) is 0 Å². The Morgan fingerprint density at radius 1 is 1.11 bits per heavy atom. The van der Waals surface area contributed by atoms with Crippen LogP contribution in [0.15, 0.2) is 0 Å². The highest BCUT2D eigenvalue weighted by molar-refractivity contribution is 8.06. The highest BCUT2D eigenvalue weighted by atomic mass is 32.2. The van der Waals surface area contributed by atoms with Gasteiger partial charge in [-0.3, -0.25) is 0 Å². The van der Waals surface area contributed by atoms with E-state index in [1.165, 1.54) is 25.0 Å². The molecule has 3 heterocycles. The minimum Gasteiger partial charge on any atom is -0.376 e. The minimum absolute atomic E-state index is 0.0284. The first-order valence-electron chi connectivity index (χ1n) is 6.97. The van der Waals surface area contributed by atoms with Crippen molar-refractivity contribution in [1.82, 2.24) is 0 Å². The summed E-state index contributed by atoms with van der Waals surface area (Å²) in [6.45, 7) is 0. The van der Waals surface area contributed by atoms with Gasteiger partial charge in [0.15, 0.2) is 12.1 Å². The first-order valence-corrected chi connectivity index (χ1v) is 8.02.